The zero-order chi connectivity index (χ0) is 18.1. The van der Waals surface area contributed by atoms with Gasteiger partial charge in [-0.15, -0.1) is 24.0 Å². The van der Waals surface area contributed by atoms with E-state index in [0.29, 0.717) is 0 Å². The molecule has 2 N–H and O–H groups in total. The van der Waals surface area contributed by atoms with Gasteiger partial charge in [-0.25, -0.2) is 4.68 Å². The largest absolute Gasteiger partial charge is 0.357 e. The van der Waals surface area contributed by atoms with Crippen molar-refractivity contribution in [1.29, 1.82) is 0 Å². The Kier molecular flexibility index (Phi) is 10.1. The predicted octanol–water partition coefficient (Wildman–Crippen LogP) is 3.73. The Morgan fingerprint density at radius 1 is 1.23 bits per heavy atom. The van der Waals surface area contributed by atoms with Gasteiger partial charge in [0.2, 0.25) is 0 Å². The average molecular weight is 487 g/mol. The lowest BCUT2D eigenvalue weighted by molar-refractivity contribution is 0.710. The maximum absolute atomic E-state index is 4.70. The van der Waals surface area contributed by atoms with E-state index in [0.717, 1.165) is 37.7 Å². The number of hydrogen-bond donors (Lipinski definition) is 2. The van der Waals surface area contributed by atoms with Crippen LogP contribution in [0.15, 0.2) is 47.7 Å². The molecule has 2 aromatic rings. The number of hydrogen-bond acceptors (Lipinski definition) is 3. The van der Waals surface area contributed by atoms with Gasteiger partial charge in [0, 0.05) is 30.2 Å². The van der Waals surface area contributed by atoms with Crippen molar-refractivity contribution in [2.45, 2.75) is 31.9 Å². The molecule has 1 heterocycles. The van der Waals surface area contributed by atoms with E-state index in [2.05, 4.69) is 67.0 Å². The molecule has 144 valence electrons. The van der Waals surface area contributed by atoms with Crippen LogP contribution in [0.5, 0.6) is 0 Å². The fourth-order valence-corrected chi connectivity index (χ4v) is 2.43. The number of nitrogens with one attached hydrogen (secondary N) is 2. The van der Waals surface area contributed by atoms with E-state index in [1.807, 2.05) is 28.7 Å². The minimum atomic E-state index is 0. The van der Waals surface area contributed by atoms with Gasteiger partial charge in [0.1, 0.15) is 0 Å². The molecule has 7 heteroatoms. The van der Waals surface area contributed by atoms with Crippen molar-refractivity contribution >= 4 is 41.7 Å². The summed E-state index contributed by atoms with van der Waals surface area (Å²) in [5, 5.41) is 11.0. The minimum absolute atomic E-state index is 0. The highest BCUT2D eigenvalue weighted by atomic mass is 127. The third-order valence-electron chi connectivity index (χ3n) is 3.93. The Hall–Kier alpha value is -1.22. The number of benzene rings is 1. The maximum Gasteiger partial charge on any atom is 0.191 e. The summed E-state index contributed by atoms with van der Waals surface area (Å²) in [5.41, 5.74) is 2.37. The molecule has 0 saturated carbocycles. The third-order valence-corrected chi connectivity index (χ3v) is 5.16. The van der Waals surface area contributed by atoms with Crippen LogP contribution < -0.4 is 10.6 Å². The summed E-state index contributed by atoms with van der Waals surface area (Å²) in [5.74, 6) is 0.887. The molecule has 26 heavy (non-hydrogen) atoms. The second-order valence-corrected chi connectivity index (χ2v) is 7.97. The van der Waals surface area contributed by atoms with Gasteiger partial charge < -0.3 is 10.6 Å². The summed E-state index contributed by atoms with van der Waals surface area (Å²) in [6.45, 7) is 9.03. The van der Waals surface area contributed by atoms with Crippen LogP contribution in [0.2, 0.25) is 0 Å². The first-order chi connectivity index (χ1) is 12.0. The molecule has 0 radical (unpaired) electrons. The van der Waals surface area contributed by atoms with Crippen LogP contribution in [-0.2, 0) is 6.42 Å². The number of aliphatic imine (C=N–C) groups is 1. The first kappa shape index (κ1) is 22.8. The highest BCUT2D eigenvalue weighted by Gasteiger charge is 2.15. The molecule has 5 nitrogen and oxygen atoms in total. The number of halogens is 1. The summed E-state index contributed by atoms with van der Waals surface area (Å²) >= 11 is 1.84. The van der Waals surface area contributed by atoms with Crippen molar-refractivity contribution in [2.24, 2.45) is 4.99 Å². The van der Waals surface area contributed by atoms with Gasteiger partial charge in [-0.3, -0.25) is 4.99 Å². The first-order valence-electron chi connectivity index (χ1n) is 8.70. The van der Waals surface area contributed by atoms with Gasteiger partial charge in [-0.05, 0) is 57.2 Å². The smallest absolute Gasteiger partial charge is 0.191 e. The van der Waals surface area contributed by atoms with Crippen molar-refractivity contribution < 1.29 is 0 Å². The van der Waals surface area contributed by atoms with Gasteiger partial charge in [0.15, 0.2) is 5.96 Å². The van der Waals surface area contributed by atoms with E-state index in [4.69, 9.17) is 4.99 Å². The minimum Gasteiger partial charge on any atom is -0.357 e. The summed E-state index contributed by atoms with van der Waals surface area (Å²) in [6.07, 6.45) is 6.82. The van der Waals surface area contributed by atoms with Gasteiger partial charge in [-0.2, -0.15) is 16.9 Å². The Morgan fingerprint density at radius 2 is 1.96 bits per heavy atom. The monoisotopic (exact) mass is 487 g/mol. The fourth-order valence-electron chi connectivity index (χ4n) is 2.24. The standard InChI is InChI=1S/C19H29N5S.HI/c1-5-20-18(22-15-19(2,3)25-4)21-13-11-16-7-9-17(10-8-16)24-14-6-12-23-24;/h6-10,12,14H,5,11,13,15H2,1-4H3,(H2,20,21,22);1H. The van der Waals surface area contributed by atoms with Crippen molar-refractivity contribution in [3.63, 3.8) is 0 Å². The quantitative estimate of drug-likeness (QED) is 0.339. The van der Waals surface area contributed by atoms with Crippen LogP contribution in [0.3, 0.4) is 0 Å². The van der Waals surface area contributed by atoms with Crippen LogP contribution >= 0.6 is 35.7 Å². The lowest BCUT2D eigenvalue weighted by Gasteiger charge is -2.20. The predicted molar refractivity (Wildman–Crippen MR) is 124 cm³/mol. The van der Waals surface area contributed by atoms with Crippen LogP contribution in [-0.4, -0.2) is 46.4 Å². The van der Waals surface area contributed by atoms with E-state index in [9.17, 15) is 0 Å². The normalized spacial score (nSPS) is 11.8. The molecule has 0 bridgehead atoms. The van der Waals surface area contributed by atoms with Crippen LogP contribution in [0, 0.1) is 0 Å². The second-order valence-electron chi connectivity index (χ2n) is 6.45. The van der Waals surface area contributed by atoms with Gasteiger partial charge in [-0.1, -0.05) is 12.1 Å². The summed E-state index contributed by atoms with van der Waals surface area (Å²) in [6, 6.07) is 10.4. The van der Waals surface area contributed by atoms with E-state index >= 15 is 0 Å². The van der Waals surface area contributed by atoms with Crippen molar-refractivity contribution in [1.82, 2.24) is 20.4 Å². The molecule has 2 rings (SSSR count). The third kappa shape index (κ3) is 7.57. The van der Waals surface area contributed by atoms with Crippen LogP contribution in [0.25, 0.3) is 5.69 Å². The van der Waals surface area contributed by atoms with E-state index in [-0.39, 0.29) is 28.7 Å². The number of aromatic nitrogens is 2. The van der Waals surface area contributed by atoms with Crippen molar-refractivity contribution in [3.8, 4) is 5.69 Å². The van der Waals surface area contributed by atoms with Crippen LogP contribution in [0.4, 0.5) is 0 Å². The second kappa shape index (κ2) is 11.5. The molecule has 0 aliphatic carbocycles. The maximum atomic E-state index is 4.70. The molecule has 1 aromatic heterocycles. The Bertz CT molecular complexity index is 653. The zero-order valence-electron chi connectivity index (χ0n) is 16.0. The molecular weight excluding hydrogens is 457 g/mol. The molecule has 0 amide bonds. The highest BCUT2D eigenvalue weighted by Crippen LogP contribution is 2.20. The van der Waals surface area contributed by atoms with Crippen molar-refractivity contribution in [2.75, 3.05) is 25.9 Å². The molecule has 0 saturated heterocycles. The SMILES string of the molecule is CCNC(=NCC(C)(C)SC)NCCc1ccc(-n2cccn2)cc1.I. The Morgan fingerprint density at radius 3 is 2.54 bits per heavy atom. The molecule has 0 fully saturated rings. The lowest BCUT2D eigenvalue weighted by atomic mass is 10.1. The molecular formula is C19H30IN5S. The van der Waals surface area contributed by atoms with Crippen LogP contribution in [0.1, 0.15) is 26.3 Å². The van der Waals surface area contributed by atoms with Gasteiger partial charge in [0.05, 0.1) is 12.2 Å². The average Bonchev–Trinajstić information content (AvgIpc) is 3.15. The molecule has 0 unspecified atom stereocenters. The molecule has 0 aliphatic heterocycles. The zero-order valence-corrected chi connectivity index (χ0v) is 19.2. The van der Waals surface area contributed by atoms with Crippen molar-refractivity contribution in [3.05, 3.63) is 48.3 Å². The molecule has 0 spiro atoms. The van der Waals surface area contributed by atoms with E-state index in [1.54, 1.807) is 6.20 Å². The summed E-state index contributed by atoms with van der Waals surface area (Å²) in [4.78, 5) is 4.70. The number of thioether (sulfide) groups is 1. The lowest BCUT2D eigenvalue weighted by Crippen LogP contribution is -2.39. The van der Waals surface area contributed by atoms with E-state index in [1.165, 1.54) is 5.56 Å². The number of rotatable bonds is 8. The number of guanidine groups is 1. The summed E-state index contributed by atoms with van der Waals surface area (Å²) in [7, 11) is 0. The highest BCUT2D eigenvalue weighted by molar-refractivity contribution is 14.0. The topological polar surface area (TPSA) is 54.2 Å². The molecule has 0 atom stereocenters. The van der Waals surface area contributed by atoms with E-state index < -0.39 is 0 Å². The first-order valence-corrected chi connectivity index (χ1v) is 9.93. The molecule has 1 aromatic carbocycles. The fraction of sp³-hybridized carbons (Fsp3) is 0.474. The molecule has 0 aliphatic rings. The number of nitrogens with zero attached hydrogens (tertiary/aromatic N) is 3. The Balaban J connectivity index is 0.00000338. The summed E-state index contributed by atoms with van der Waals surface area (Å²) < 4.78 is 2.02. The Labute approximate surface area is 178 Å². The van der Waals surface area contributed by atoms with Gasteiger partial charge in [0.25, 0.3) is 0 Å². The van der Waals surface area contributed by atoms with Gasteiger partial charge >= 0.3 is 0 Å².